The van der Waals surface area contributed by atoms with Crippen LogP contribution < -0.4 is 5.32 Å². The highest BCUT2D eigenvalue weighted by molar-refractivity contribution is 5.75. The number of nitrogens with zero attached hydrogens (tertiary/aromatic N) is 1. The number of nitrogens with one attached hydrogen (secondary N) is 1. The average Bonchev–Trinajstić information content (AvgIpc) is 3.16. The summed E-state index contributed by atoms with van der Waals surface area (Å²) in [4.78, 5) is 11.9. The molecule has 0 bridgehead atoms. The summed E-state index contributed by atoms with van der Waals surface area (Å²) >= 11 is 0. The first-order valence-corrected chi connectivity index (χ1v) is 8.63. The maximum atomic E-state index is 11.9. The molecule has 9 heteroatoms. The number of methoxy groups -OCH3 is 1. The monoisotopic (exact) mass is 370 g/mol. The van der Waals surface area contributed by atoms with Crippen LogP contribution in [0.2, 0.25) is 0 Å². The Kier molecular flexibility index (Phi) is 4.80. The van der Waals surface area contributed by atoms with Gasteiger partial charge in [0.1, 0.15) is 24.4 Å². The summed E-state index contributed by atoms with van der Waals surface area (Å²) < 4.78 is 34.1. The molecular formula is C17H26N2O7. The second kappa shape index (κ2) is 6.41. The zero-order valence-electron chi connectivity index (χ0n) is 15.9. The minimum Gasteiger partial charge on any atom is -0.468 e. The number of rotatable bonds is 4. The fourth-order valence-corrected chi connectivity index (χ4v) is 3.71. The molecule has 3 aliphatic rings. The largest absolute Gasteiger partial charge is 0.468 e. The molecule has 0 aliphatic carbocycles. The first-order valence-electron chi connectivity index (χ1n) is 8.63. The van der Waals surface area contributed by atoms with Crippen molar-refractivity contribution in [1.82, 2.24) is 5.32 Å². The van der Waals surface area contributed by atoms with E-state index in [0.29, 0.717) is 0 Å². The van der Waals surface area contributed by atoms with Crippen molar-refractivity contribution in [3.8, 4) is 6.07 Å². The third-order valence-corrected chi connectivity index (χ3v) is 4.80. The molecule has 0 spiro atoms. The van der Waals surface area contributed by atoms with Crippen LogP contribution in [0, 0.1) is 11.3 Å². The van der Waals surface area contributed by atoms with Crippen LogP contribution in [0.5, 0.6) is 0 Å². The van der Waals surface area contributed by atoms with Crippen LogP contribution in [0.1, 0.15) is 34.6 Å². The van der Waals surface area contributed by atoms with E-state index in [2.05, 4.69) is 11.4 Å². The van der Waals surface area contributed by atoms with Crippen molar-refractivity contribution in [3.05, 3.63) is 0 Å². The number of esters is 1. The molecule has 9 nitrogen and oxygen atoms in total. The second-order valence-corrected chi connectivity index (χ2v) is 7.72. The molecule has 0 saturated carbocycles. The molecule has 6 atom stereocenters. The van der Waals surface area contributed by atoms with Crippen LogP contribution in [-0.2, 0) is 33.2 Å². The van der Waals surface area contributed by atoms with Gasteiger partial charge in [-0.25, -0.2) is 0 Å². The van der Waals surface area contributed by atoms with E-state index in [1.54, 1.807) is 34.6 Å². The molecule has 0 aromatic carbocycles. The summed E-state index contributed by atoms with van der Waals surface area (Å²) in [6, 6.07) is 1.51. The van der Waals surface area contributed by atoms with Gasteiger partial charge in [0, 0.05) is 0 Å². The Bertz CT molecular complexity index is 617. The van der Waals surface area contributed by atoms with E-state index < -0.39 is 53.7 Å². The Morgan fingerprint density at radius 1 is 1.19 bits per heavy atom. The van der Waals surface area contributed by atoms with E-state index in [1.165, 1.54) is 7.11 Å². The third kappa shape index (κ3) is 3.22. The van der Waals surface area contributed by atoms with E-state index in [4.69, 9.17) is 28.4 Å². The number of fused-ring (bicyclic) bond motifs is 1. The first-order chi connectivity index (χ1) is 12.0. The van der Waals surface area contributed by atoms with E-state index >= 15 is 0 Å². The average molecular weight is 370 g/mol. The number of hydrogen-bond acceptors (Lipinski definition) is 9. The van der Waals surface area contributed by atoms with Crippen molar-refractivity contribution in [3.63, 3.8) is 0 Å². The van der Waals surface area contributed by atoms with Crippen LogP contribution in [0.15, 0.2) is 0 Å². The smallest absolute Gasteiger partial charge is 0.322 e. The highest BCUT2D eigenvalue weighted by Crippen LogP contribution is 2.46. The molecule has 0 radical (unpaired) electrons. The van der Waals surface area contributed by atoms with Crippen molar-refractivity contribution < 1.29 is 33.2 Å². The van der Waals surface area contributed by atoms with Crippen LogP contribution in [-0.4, -0.2) is 67.4 Å². The lowest BCUT2D eigenvalue weighted by Crippen LogP contribution is -2.65. The first kappa shape index (κ1) is 19.5. The maximum Gasteiger partial charge on any atom is 0.322 e. The molecule has 146 valence electrons. The molecule has 3 aliphatic heterocycles. The molecule has 3 heterocycles. The Morgan fingerprint density at radius 2 is 1.88 bits per heavy atom. The van der Waals surface area contributed by atoms with Crippen molar-refractivity contribution in [2.45, 2.75) is 82.4 Å². The van der Waals surface area contributed by atoms with Crippen molar-refractivity contribution in [1.29, 1.82) is 5.26 Å². The van der Waals surface area contributed by atoms with Crippen LogP contribution in [0.4, 0.5) is 0 Å². The Hall–Kier alpha value is -1.28. The Morgan fingerprint density at radius 3 is 2.42 bits per heavy atom. The van der Waals surface area contributed by atoms with Gasteiger partial charge in [-0.05, 0) is 34.6 Å². The molecule has 0 amide bonds. The van der Waals surface area contributed by atoms with Gasteiger partial charge in [-0.15, -0.1) is 0 Å². The van der Waals surface area contributed by atoms with Gasteiger partial charge in [-0.3, -0.25) is 10.1 Å². The number of ether oxygens (including phenoxy) is 6. The van der Waals surface area contributed by atoms with E-state index in [0.717, 1.165) is 0 Å². The molecule has 3 saturated heterocycles. The van der Waals surface area contributed by atoms with Gasteiger partial charge in [0.05, 0.1) is 19.8 Å². The lowest BCUT2D eigenvalue weighted by atomic mass is 9.86. The summed E-state index contributed by atoms with van der Waals surface area (Å²) in [6.45, 7) is 8.93. The molecule has 0 unspecified atom stereocenters. The van der Waals surface area contributed by atoms with E-state index in [-0.39, 0.29) is 6.61 Å². The quantitative estimate of drug-likeness (QED) is 0.705. The second-order valence-electron chi connectivity index (χ2n) is 7.72. The number of hydrogen-bond donors (Lipinski definition) is 1. The molecule has 26 heavy (non-hydrogen) atoms. The van der Waals surface area contributed by atoms with Crippen molar-refractivity contribution >= 4 is 5.97 Å². The Balaban J connectivity index is 1.93. The molecule has 3 fully saturated rings. The normalized spacial score (nSPS) is 41.4. The van der Waals surface area contributed by atoms with E-state index in [9.17, 15) is 10.1 Å². The minimum absolute atomic E-state index is 0.248. The fraction of sp³-hybridized carbons (Fsp3) is 0.882. The highest BCUT2D eigenvalue weighted by Gasteiger charge is 2.67. The fourth-order valence-electron chi connectivity index (χ4n) is 3.71. The zero-order chi connectivity index (χ0) is 19.3. The lowest BCUT2D eigenvalue weighted by Gasteiger charge is -2.36. The summed E-state index contributed by atoms with van der Waals surface area (Å²) in [6.07, 6.45) is -2.79. The Labute approximate surface area is 152 Å². The van der Waals surface area contributed by atoms with Crippen LogP contribution in [0.25, 0.3) is 0 Å². The molecule has 0 aromatic heterocycles. The maximum absolute atomic E-state index is 11.9. The SMILES string of the molecule is COC(=O)[C@H](C)N[C@]1(C#N)[C@@H]([C@H]2COC(C)(C)O2)O[C@@H]2OC(C)(C)O[C@@H]21. The van der Waals surface area contributed by atoms with Crippen molar-refractivity contribution in [2.24, 2.45) is 0 Å². The van der Waals surface area contributed by atoms with Gasteiger partial charge in [-0.2, -0.15) is 5.26 Å². The predicted octanol–water partition coefficient (Wildman–Crippen LogP) is 0.428. The summed E-state index contributed by atoms with van der Waals surface area (Å²) in [7, 11) is 1.29. The van der Waals surface area contributed by atoms with Gasteiger partial charge >= 0.3 is 5.97 Å². The van der Waals surface area contributed by atoms with E-state index in [1.807, 2.05) is 0 Å². The molecule has 0 aromatic rings. The zero-order valence-corrected chi connectivity index (χ0v) is 15.9. The summed E-state index contributed by atoms with van der Waals surface area (Å²) in [5.41, 5.74) is -1.37. The molecular weight excluding hydrogens is 344 g/mol. The van der Waals surface area contributed by atoms with Gasteiger partial charge in [0.2, 0.25) is 0 Å². The van der Waals surface area contributed by atoms with Gasteiger partial charge < -0.3 is 28.4 Å². The van der Waals surface area contributed by atoms with Crippen LogP contribution >= 0.6 is 0 Å². The summed E-state index contributed by atoms with van der Waals surface area (Å²) in [5, 5.41) is 13.2. The number of carbonyl (C=O) groups is 1. The van der Waals surface area contributed by atoms with Gasteiger partial charge in [0.25, 0.3) is 0 Å². The molecule has 1 N–H and O–H groups in total. The lowest BCUT2D eigenvalue weighted by molar-refractivity contribution is -0.228. The topological polar surface area (TPSA) is 108 Å². The molecule has 3 rings (SSSR count). The van der Waals surface area contributed by atoms with Crippen LogP contribution in [0.3, 0.4) is 0 Å². The highest BCUT2D eigenvalue weighted by atomic mass is 16.8. The van der Waals surface area contributed by atoms with Gasteiger partial charge in [-0.1, -0.05) is 0 Å². The number of carbonyl (C=O) groups excluding carboxylic acids is 1. The van der Waals surface area contributed by atoms with Gasteiger partial charge in [0.15, 0.2) is 23.4 Å². The standard InChI is InChI=1S/C17H26N2O7/c1-9(13(20)21-6)19-17(8-18)11(10-7-22-15(2,3)24-10)23-14-12(17)25-16(4,5)26-14/h9-12,14,19H,7H2,1-6H3/t9-,10+,11+,12-,14+,17+/m0/s1. The third-order valence-electron chi connectivity index (χ3n) is 4.80. The predicted molar refractivity (Wildman–Crippen MR) is 86.6 cm³/mol. The minimum atomic E-state index is -1.37. The number of nitriles is 1. The summed E-state index contributed by atoms with van der Waals surface area (Å²) in [5.74, 6) is -2.20. The van der Waals surface area contributed by atoms with Crippen molar-refractivity contribution in [2.75, 3.05) is 13.7 Å².